The second kappa shape index (κ2) is 6.02. The van der Waals surface area contributed by atoms with E-state index >= 15 is 0 Å². The van der Waals surface area contributed by atoms with Gasteiger partial charge in [-0.3, -0.25) is 4.79 Å². The van der Waals surface area contributed by atoms with E-state index in [0.29, 0.717) is 24.6 Å². The van der Waals surface area contributed by atoms with Gasteiger partial charge in [-0.2, -0.15) is 0 Å². The van der Waals surface area contributed by atoms with Gasteiger partial charge in [0, 0.05) is 17.7 Å². The van der Waals surface area contributed by atoms with Crippen LogP contribution in [0.1, 0.15) is 24.2 Å². The molecule has 1 aromatic heterocycles. The molecule has 1 N–H and O–H groups in total. The topological polar surface area (TPSA) is 71.4 Å². The summed E-state index contributed by atoms with van der Waals surface area (Å²) < 4.78 is 10.8. The summed E-state index contributed by atoms with van der Waals surface area (Å²) in [4.78, 5) is 14.7. The van der Waals surface area contributed by atoms with E-state index in [0.717, 1.165) is 5.56 Å². The summed E-state index contributed by atoms with van der Waals surface area (Å²) in [6.07, 6.45) is 0.0466. The fourth-order valence-electron chi connectivity index (χ4n) is 2.49. The van der Waals surface area contributed by atoms with Crippen molar-refractivity contribution in [2.24, 2.45) is 0 Å². The number of morpholine rings is 1. The summed E-state index contributed by atoms with van der Waals surface area (Å²) >= 11 is 4.85. The average molecular weight is 319 g/mol. The SMILES string of the molecule is C[C@@H]1OCCN(C(=O)c2ccc(-c3n[nH]c(=S)o3)cc2)[C@H]1C. The minimum absolute atomic E-state index is 0.0112. The third-order valence-electron chi connectivity index (χ3n) is 3.96. The van der Waals surface area contributed by atoms with Crippen LogP contribution in [0.4, 0.5) is 0 Å². The predicted octanol–water partition coefficient (Wildman–Crippen LogP) is 2.65. The molecule has 1 saturated heterocycles. The van der Waals surface area contributed by atoms with E-state index in [4.69, 9.17) is 21.4 Å². The fourth-order valence-corrected chi connectivity index (χ4v) is 2.62. The monoisotopic (exact) mass is 319 g/mol. The highest BCUT2D eigenvalue weighted by molar-refractivity contribution is 7.71. The summed E-state index contributed by atoms with van der Waals surface area (Å²) in [6, 6.07) is 7.21. The number of hydrogen-bond donors (Lipinski definition) is 1. The number of rotatable bonds is 2. The maximum Gasteiger partial charge on any atom is 0.284 e. The Morgan fingerprint density at radius 3 is 2.73 bits per heavy atom. The van der Waals surface area contributed by atoms with Gasteiger partial charge in [-0.05, 0) is 50.3 Å². The molecule has 1 fully saturated rings. The summed E-state index contributed by atoms with van der Waals surface area (Å²) in [7, 11) is 0. The summed E-state index contributed by atoms with van der Waals surface area (Å²) in [5.41, 5.74) is 1.41. The highest BCUT2D eigenvalue weighted by Crippen LogP contribution is 2.20. The second-order valence-electron chi connectivity index (χ2n) is 5.31. The number of aromatic nitrogens is 2. The lowest BCUT2D eigenvalue weighted by molar-refractivity contribution is -0.0440. The van der Waals surface area contributed by atoms with Gasteiger partial charge in [-0.1, -0.05) is 0 Å². The number of hydrogen-bond acceptors (Lipinski definition) is 5. The van der Waals surface area contributed by atoms with E-state index in [9.17, 15) is 4.79 Å². The second-order valence-corrected chi connectivity index (χ2v) is 5.68. The number of nitrogens with one attached hydrogen (secondary N) is 1. The molecule has 0 saturated carbocycles. The van der Waals surface area contributed by atoms with Crippen molar-refractivity contribution in [3.63, 3.8) is 0 Å². The van der Waals surface area contributed by atoms with Crippen LogP contribution in [-0.4, -0.2) is 46.3 Å². The van der Waals surface area contributed by atoms with E-state index in [1.165, 1.54) is 0 Å². The maximum atomic E-state index is 12.6. The molecule has 2 aromatic rings. The Kier molecular flexibility index (Phi) is 4.08. The number of nitrogens with zero attached hydrogens (tertiary/aromatic N) is 2. The zero-order valence-corrected chi connectivity index (χ0v) is 13.2. The van der Waals surface area contributed by atoms with Gasteiger partial charge in [-0.15, -0.1) is 5.10 Å². The van der Waals surface area contributed by atoms with Crippen LogP contribution in [0.3, 0.4) is 0 Å². The van der Waals surface area contributed by atoms with Crippen LogP contribution < -0.4 is 0 Å². The molecule has 0 aliphatic carbocycles. The first kappa shape index (κ1) is 14.9. The van der Waals surface area contributed by atoms with Gasteiger partial charge < -0.3 is 14.1 Å². The molecular formula is C15H17N3O3S. The lowest BCUT2D eigenvalue weighted by Gasteiger charge is -2.37. The number of amides is 1. The molecule has 0 bridgehead atoms. The number of H-pyrrole nitrogens is 1. The van der Waals surface area contributed by atoms with Gasteiger partial charge in [0.15, 0.2) is 0 Å². The molecule has 6 nitrogen and oxygen atoms in total. The third kappa shape index (κ3) is 2.82. The Morgan fingerprint density at radius 1 is 1.36 bits per heavy atom. The molecule has 7 heteroatoms. The fraction of sp³-hybridized carbons (Fsp3) is 0.400. The molecule has 116 valence electrons. The minimum atomic E-state index is 0.0112. The molecule has 1 aliphatic heterocycles. The first-order valence-electron chi connectivity index (χ1n) is 7.15. The normalized spacial score (nSPS) is 21.8. The molecule has 1 aromatic carbocycles. The number of ether oxygens (including phenoxy) is 1. The number of benzene rings is 1. The molecule has 2 atom stereocenters. The van der Waals surface area contributed by atoms with Crippen LogP contribution in [0, 0.1) is 4.84 Å². The van der Waals surface area contributed by atoms with Crippen molar-refractivity contribution >= 4 is 18.1 Å². The molecular weight excluding hydrogens is 302 g/mol. The number of aromatic amines is 1. The van der Waals surface area contributed by atoms with Crippen molar-refractivity contribution < 1.29 is 13.9 Å². The Hall–Kier alpha value is -1.99. The van der Waals surface area contributed by atoms with Crippen LogP contribution in [-0.2, 0) is 4.74 Å². The summed E-state index contributed by atoms with van der Waals surface area (Å²) in [5.74, 6) is 0.425. The molecule has 1 amide bonds. The van der Waals surface area contributed by atoms with Crippen LogP contribution in [0.25, 0.3) is 11.5 Å². The Labute approximate surface area is 133 Å². The summed E-state index contributed by atoms with van der Waals surface area (Å²) in [6.45, 7) is 5.17. The van der Waals surface area contributed by atoms with Gasteiger partial charge in [-0.25, -0.2) is 5.10 Å². The van der Waals surface area contributed by atoms with Crippen molar-refractivity contribution in [3.05, 3.63) is 34.7 Å². The van der Waals surface area contributed by atoms with Crippen LogP contribution >= 0.6 is 12.2 Å². The van der Waals surface area contributed by atoms with Gasteiger partial charge >= 0.3 is 0 Å². The van der Waals surface area contributed by atoms with E-state index in [1.807, 2.05) is 18.7 Å². The number of carbonyl (C=O) groups is 1. The zero-order chi connectivity index (χ0) is 15.7. The largest absolute Gasteiger partial charge is 0.409 e. The predicted molar refractivity (Wildman–Crippen MR) is 83.0 cm³/mol. The first-order chi connectivity index (χ1) is 10.6. The van der Waals surface area contributed by atoms with Crippen molar-refractivity contribution in [2.75, 3.05) is 13.2 Å². The maximum absolute atomic E-state index is 12.6. The quantitative estimate of drug-likeness (QED) is 0.862. The standard InChI is InChI=1S/C15H17N3O3S/c1-9-10(2)20-8-7-18(9)14(19)12-5-3-11(4-6-12)13-16-17-15(22)21-13/h3-6,9-10H,7-8H2,1-2H3,(H,17,22)/t9-,10-/m0/s1. The molecule has 0 spiro atoms. The highest BCUT2D eigenvalue weighted by atomic mass is 32.1. The smallest absolute Gasteiger partial charge is 0.284 e. The Balaban J connectivity index is 1.80. The Morgan fingerprint density at radius 2 is 2.09 bits per heavy atom. The summed E-state index contributed by atoms with van der Waals surface area (Å²) in [5, 5.41) is 6.54. The first-order valence-corrected chi connectivity index (χ1v) is 7.55. The van der Waals surface area contributed by atoms with Crippen LogP contribution in [0.2, 0.25) is 0 Å². The minimum Gasteiger partial charge on any atom is -0.409 e. The van der Waals surface area contributed by atoms with Crippen molar-refractivity contribution in [3.8, 4) is 11.5 Å². The van der Waals surface area contributed by atoms with E-state index < -0.39 is 0 Å². The average Bonchev–Trinajstić information content (AvgIpc) is 2.96. The van der Waals surface area contributed by atoms with Gasteiger partial charge in [0.2, 0.25) is 5.89 Å². The van der Waals surface area contributed by atoms with Crippen LogP contribution in [0.5, 0.6) is 0 Å². The van der Waals surface area contributed by atoms with Gasteiger partial charge in [0.1, 0.15) is 0 Å². The van der Waals surface area contributed by atoms with Crippen molar-refractivity contribution in [2.45, 2.75) is 26.0 Å². The molecule has 0 radical (unpaired) electrons. The van der Waals surface area contributed by atoms with E-state index in [-0.39, 0.29) is 22.9 Å². The molecule has 3 rings (SSSR count). The van der Waals surface area contributed by atoms with Crippen molar-refractivity contribution in [1.29, 1.82) is 0 Å². The zero-order valence-electron chi connectivity index (χ0n) is 12.4. The van der Waals surface area contributed by atoms with Crippen molar-refractivity contribution in [1.82, 2.24) is 15.1 Å². The van der Waals surface area contributed by atoms with E-state index in [1.54, 1.807) is 24.3 Å². The lowest BCUT2D eigenvalue weighted by Crippen LogP contribution is -2.51. The van der Waals surface area contributed by atoms with Gasteiger partial charge in [0.05, 0.1) is 18.8 Å². The lowest BCUT2D eigenvalue weighted by atomic mass is 10.1. The molecule has 22 heavy (non-hydrogen) atoms. The molecule has 2 heterocycles. The Bertz CT molecular complexity index is 722. The third-order valence-corrected chi connectivity index (χ3v) is 4.14. The van der Waals surface area contributed by atoms with Gasteiger partial charge in [0.25, 0.3) is 10.7 Å². The van der Waals surface area contributed by atoms with E-state index in [2.05, 4.69) is 10.2 Å². The number of carbonyl (C=O) groups excluding carboxylic acids is 1. The highest BCUT2D eigenvalue weighted by Gasteiger charge is 2.29. The van der Waals surface area contributed by atoms with Crippen LogP contribution in [0.15, 0.2) is 28.7 Å². The molecule has 1 aliphatic rings. The molecule has 0 unspecified atom stereocenters.